The van der Waals surface area contributed by atoms with Crippen molar-refractivity contribution in [2.45, 2.75) is 18.6 Å². The van der Waals surface area contributed by atoms with Crippen LogP contribution in [0.5, 0.6) is 0 Å². The molecule has 1 aliphatic heterocycles. The summed E-state index contributed by atoms with van der Waals surface area (Å²) in [6.07, 6.45) is -5.74. The fourth-order valence-corrected chi connectivity index (χ4v) is 3.68. The van der Waals surface area contributed by atoms with Crippen LogP contribution in [-0.4, -0.2) is 78.6 Å². The number of pyridine rings is 1. The molecule has 0 bridgehead atoms. The number of para-hydroxylation sites is 1. The number of aromatic nitrogens is 1. The van der Waals surface area contributed by atoms with E-state index in [2.05, 4.69) is 20.4 Å². The van der Waals surface area contributed by atoms with Gasteiger partial charge in [0.25, 0.3) is 11.6 Å². The van der Waals surface area contributed by atoms with Crippen molar-refractivity contribution in [3.63, 3.8) is 0 Å². The van der Waals surface area contributed by atoms with Crippen LogP contribution in [0.25, 0.3) is 10.9 Å². The third kappa shape index (κ3) is 6.32. The van der Waals surface area contributed by atoms with Crippen molar-refractivity contribution in [2.75, 3.05) is 37.8 Å². The topological polar surface area (TPSA) is 161 Å². The molecule has 1 fully saturated rings. The lowest BCUT2D eigenvalue weighted by Crippen LogP contribution is -2.46. The number of ether oxygens (including phenoxy) is 1. The molecule has 12 nitrogen and oxygen atoms in total. The Bertz CT molecular complexity index is 1250. The summed E-state index contributed by atoms with van der Waals surface area (Å²) in [5, 5.41) is 16.9. The molecule has 1 amide bonds. The van der Waals surface area contributed by atoms with E-state index in [9.17, 15) is 46.9 Å². The number of benzene rings is 1. The number of nitrogens with one attached hydrogen (secondary N) is 2. The molecule has 1 atom stereocenters. The monoisotopic (exact) mass is 529 g/mol. The van der Waals surface area contributed by atoms with E-state index >= 15 is 0 Å². The molecule has 1 aliphatic rings. The van der Waals surface area contributed by atoms with Gasteiger partial charge in [0.1, 0.15) is 18.2 Å². The zero-order valence-corrected chi connectivity index (χ0v) is 18.8. The Morgan fingerprint density at radius 3 is 2.49 bits per heavy atom. The van der Waals surface area contributed by atoms with E-state index in [1.54, 1.807) is 4.90 Å². The molecule has 0 radical (unpaired) electrons. The van der Waals surface area contributed by atoms with Gasteiger partial charge in [0.05, 0.1) is 22.6 Å². The second-order valence-corrected chi connectivity index (χ2v) is 7.78. The number of ketones is 1. The van der Waals surface area contributed by atoms with Crippen LogP contribution in [0.3, 0.4) is 0 Å². The van der Waals surface area contributed by atoms with Crippen molar-refractivity contribution in [3.8, 4) is 0 Å². The maximum atomic E-state index is 13.2. The minimum absolute atomic E-state index is 0.0248. The second kappa shape index (κ2) is 11.2. The molecule has 3 rings (SSSR count). The molecular weight excluding hydrogens is 510 g/mol. The van der Waals surface area contributed by atoms with E-state index in [0.29, 0.717) is 26.2 Å². The van der Waals surface area contributed by atoms with Crippen LogP contribution in [0, 0.1) is 10.1 Å². The van der Waals surface area contributed by atoms with Gasteiger partial charge < -0.3 is 20.3 Å². The predicted molar refractivity (Wildman–Crippen MR) is 117 cm³/mol. The molecule has 2 N–H and O–H groups in total. The smallest absolute Gasteiger partial charge is 0.386 e. The third-order valence-corrected chi connectivity index (χ3v) is 5.36. The molecule has 1 unspecified atom stereocenters. The number of anilines is 1. The van der Waals surface area contributed by atoms with Crippen LogP contribution < -0.4 is 15.5 Å². The van der Waals surface area contributed by atoms with Crippen LogP contribution in [0.4, 0.5) is 28.9 Å². The molecule has 1 aromatic carbocycles. The largest absolute Gasteiger partial charge is 0.491 e. The van der Waals surface area contributed by atoms with Crippen LogP contribution in [0.15, 0.2) is 24.4 Å². The van der Waals surface area contributed by atoms with E-state index in [4.69, 9.17) is 0 Å². The Morgan fingerprint density at radius 1 is 1.22 bits per heavy atom. The van der Waals surface area contributed by atoms with Crippen molar-refractivity contribution in [1.29, 1.82) is 0 Å². The van der Waals surface area contributed by atoms with Gasteiger partial charge in [-0.2, -0.15) is 13.2 Å². The maximum absolute atomic E-state index is 13.2. The number of esters is 2. The number of carbonyl (C=O) groups excluding carboxylic acids is 4. The van der Waals surface area contributed by atoms with Gasteiger partial charge in [-0.1, -0.05) is 12.1 Å². The Labute approximate surface area is 205 Å². The number of amides is 1. The normalized spacial score (nSPS) is 14.6. The first kappa shape index (κ1) is 27.4. The van der Waals surface area contributed by atoms with E-state index in [1.165, 1.54) is 18.2 Å². The van der Waals surface area contributed by atoms with Crippen molar-refractivity contribution < 1.29 is 46.4 Å². The Balaban J connectivity index is 1.97. The number of non-ortho nitro benzene ring substituents is 1. The Kier molecular flexibility index (Phi) is 8.31. The lowest BCUT2D eigenvalue weighted by atomic mass is 10.0. The van der Waals surface area contributed by atoms with Gasteiger partial charge in [-0.05, 0) is 0 Å². The van der Waals surface area contributed by atoms with Crippen LogP contribution >= 0.6 is 0 Å². The quantitative estimate of drug-likeness (QED) is 0.167. The minimum atomic E-state index is -5.49. The lowest BCUT2D eigenvalue weighted by Gasteiger charge is -2.32. The number of piperazine rings is 1. The van der Waals surface area contributed by atoms with Crippen LogP contribution in [0.2, 0.25) is 0 Å². The van der Waals surface area contributed by atoms with E-state index in [1.807, 2.05) is 0 Å². The van der Waals surface area contributed by atoms with Crippen LogP contribution in [0.1, 0.15) is 16.8 Å². The summed E-state index contributed by atoms with van der Waals surface area (Å²) in [6.45, 7) is 0.0730. The van der Waals surface area contributed by atoms with Gasteiger partial charge in [-0.25, -0.2) is 14.2 Å². The molecule has 16 heteroatoms. The number of nitrogens with zero attached hydrogens (tertiary/aromatic N) is 3. The zero-order valence-electron chi connectivity index (χ0n) is 18.8. The molecule has 0 saturated carbocycles. The average molecular weight is 529 g/mol. The highest BCUT2D eigenvalue weighted by molar-refractivity contribution is 6.10. The Hall–Kier alpha value is -4.21. The highest BCUT2D eigenvalue weighted by Crippen LogP contribution is 2.34. The summed E-state index contributed by atoms with van der Waals surface area (Å²) in [6, 6.07) is 2.13. The summed E-state index contributed by atoms with van der Waals surface area (Å²) in [5.41, 5.74) is -0.327. The van der Waals surface area contributed by atoms with E-state index < -0.39 is 53.9 Å². The van der Waals surface area contributed by atoms with Gasteiger partial charge in [-0.3, -0.25) is 24.5 Å². The summed E-state index contributed by atoms with van der Waals surface area (Å²) in [4.78, 5) is 64.4. The summed E-state index contributed by atoms with van der Waals surface area (Å²) < 4.78 is 53.8. The van der Waals surface area contributed by atoms with Crippen molar-refractivity contribution >= 4 is 45.9 Å². The van der Waals surface area contributed by atoms with Gasteiger partial charge in [0.15, 0.2) is 5.78 Å². The number of nitro groups is 1. The molecule has 1 aromatic heterocycles. The van der Waals surface area contributed by atoms with Gasteiger partial charge in [0.2, 0.25) is 0 Å². The first-order chi connectivity index (χ1) is 17.4. The molecule has 2 aromatic rings. The fraction of sp³-hybridized carbons (Fsp3) is 0.381. The molecule has 0 spiro atoms. The molecule has 2 heterocycles. The lowest BCUT2D eigenvalue weighted by molar-refractivity contribution is -0.383. The number of carbonyl (C=O) groups is 4. The number of nitro benzene ring substituents is 1. The maximum Gasteiger partial charge on any atom is 0.491 e. The first-order valence-corrected chi connectivity index (χ1v) is 10.7. The van der Waals surface area contributed by atoms with Gasteiger partial charge in [-0.15, -0.1) is 0 Å². The highest BCUT2D eigenvalue weighted by atomic mass is 19.4. The molecule has 198 valence electrons. The summed E-state index contributed by atoms with van der Waals surface area (Å²) >= 11 is 0. The second-order valence-electron chi connectivity index (χ2n) is 7.78. The summed E-state index contributed by atoms with van der Waals surface area (Å²) in [7, 11) is 0. The average Bonchev–Trinajstić information content (AvgIpc) is 2.86. The fourth-order valence-electron chi connectivity index (χ4n) is 3.68. The van der Waals surface area contributed by atoms with Gasteiger partial charge in [0, 0.05) is 43.8 Å². The number of rotatable bonds is 8. The third-order valence-electron chi connectivity index (χ3n) is 5.36. The molecular formula is C21H19F4N5O7. The predicted octanol–water partition coefficient (Wildman–Crippen LogP) is 1.21. The highest BCUT2D eigenvalue weighted by Gasteiger charge is 2.43. The number of alkyl halides is 4. The Morgan fingerprint density at radius 2 is 1.89 bits per heavy atom. The molecule has 0 aliphatic carbocycles. The number of Topliss-reactive ketones (excluding diaryl/α,β-unsaturated/α-hetero) is 1. The summed E-state index contributed by atoms with van der Waals surface area (Å²) in [5.74, 6) is -7.07. The first-order valence-electron chi connectivity index (χ1n) is 10.7. The standard InChI is InChI=1S/C21H19F4N5O7/c22-9-15(31)13(8-16(32)37-20(34)21(23,24)25)28-19(33)12-10-27-17-11(2-1-3-14(17)30(35)36)18(12)29-6-4-26-5-7-29/h1-3,10,13,26H,4-9H2,(H,28,33). The van der Waals surface area contributed by atoms with Crippen molar-refractivity contribution in [1.82, 2.24) is 15.6 Å². The van der Waals surface area contributed by atoms with E-state index in [0.717, 1.165) is 6.20 Å². The van der Waals surface area contributed by atoms with Crippen molar-refractivity contribution in [3.05, 3.63) is 40.1 Å². The molecule has 37 heavy (non-hydrogen) atoms. The minimum Gasteiger partial charge on any atom is -0.386 e. The number of halogens is 4. The zero-order chi connectivity index (χ0) is 27.3. The number of hydrogen-bond donors (Lipinski definition) is 2. The van der Waals surface area contributed by atoms with Crippen molar-refractivity contribution in [2.24, 2.45) is 0 Å². The number of hydrogen-bond acceptors (Lipinski definition) is 10. The van der Waals surface area contributed by atoms with Crippen LogP contribution in [-0.2, 0) is 19.1 Å². The molecule has 1 saturated heterocycles. The van der Waals surface area contributed by atoms with Gasteiger partial charge >= 0.3 is 18.1 Å². The SMILES string of the molecule is O=C(CC(NC(=O)c1cnc2c([N+](=O)[O-])cccc2c1N1CCNCC1)C(=O)CF)OC(=O)C(F)(F)F. The number of fused-ring (bicyclic) bond motifs is 1. The van der Waals surface area contributed by atoms with E-state index in [-0.39, 0.29) is 27.8 Å².